The highest BCUT2D eigenvalue weighted by molar-refractivity contribution is 7.99. The van der Waals surface area contributed by atoms with E-state index in [4.69, 9.17) is 0 Å². The number of hydrogen-bond donors (Lipinski definition) is 1. The van der Waals surface area contributed by atoms with E-state index in [0.29, 0.717) is 29.9 Å². The topological polar surface area (TPSA) is 49.4 Å². The van der Waals surface area contributed by atoms with E-state index in [1.807, 2.05) is 38.1 Å². The summed E-state index contributed by atoms with van der Waals surface area (Å²) in [4.78, 5) is 27.6. The van der Waals surface area contributed by atoms with E-state index in [1.54, 1.807) is 40.9 Å². The van der Waals surface area contributed by atoms with Gasteiger partial charge in [-0.25, -0.2) is 0 Å². The molecule has 0 bridgehead atoms. The summed E-state index contributed by atoms with van der Waals surface area (Å²) in [7, 11) is 0. The first-order chi connectivity index (χ1) is 12.1. The third-order valence-corrected chi connectivity index (χ3v) is 4.83. The van der Waals surface area contributed by atoms with Crippen molar-refractivity contribution in [2.75, 3.05) is 24.2 Å². The van der Waals surface area contributed by atoms with E-state index in [9.17, 15) is 9.59 Å². The Hall–Kier alpha value is -2.27. The number of anilines is 1. The highest BCUT2D eigenvalue weighted by Crippen LogP contribution is 2.23. The molecule has 132 valence electrons. The zero-order chi connectivity index (χ0) is 18.2. The zero-order valence-corrected chi connectivity index (χ0v) is 15.7. The molecule has 0 unspecified atom stereocenters. The monoisotopic (exact) mass is 356 g/mol. The average molecular weight is 356 g/mol. The summed E-state index contributed by atoms with van der Waals surface area (Å²) in [6.07, 6.45) is 0. The van der Waals surface area contributed by atoms with Gasteiger partial charge in [0.15, 0.2) is 0 Å². The van der Waals surface area contributed by atoms with Crippen molar-refractivity contribution in [3.05, 3.63) is 59.7 Å². The minimum Gasteiger partial charge on any atom is -0.339 e. The smallest absolute Gasteiger partial charge is 0.256 e. The van der Waals surface area contributed by atoms with Gasteiger partial charge in [-0.3, -0.25) is 9.59 Å². The molecule has 0 aliphatic rings. The fraction of sp³-hybridized carbons (Fsp3) is 0.300. The van der Waals surface area contributed by atoms with Crippen molar-refractivity contribution in [3.8, 4) is 0 Å². The molecule has 2 amide bonds. The van der Waals surface area contributed by atoms with Gasteiger partial charge in [0.25, 0.3) is 11.8 Å². The summed E-state index contributed by atoms with van der Waals surface area (Å²) in [6.45, 7) is 7.34. The molecule has 0 aliphatic carbocycles. The van der Waals surface area contributed by atoms with Gasteiger partial charge in [0.1, 0.15) is 0 Å². The predicted octanol–water partition coefficient (Wildman–Crippen LogP) is 4.53. The van der Waals surface area contributed by atoms with Gasteiger partial charge in [-0.2, -0.15) is 0 Å². The average Bonchev–Trinajstić information content (AvgIpc) is 2.64. The second kappa shape index (κ2) is 9.28. The first-order valence-electron chi connectivity index (χ1n) is 8.53. The Bertz CT molecular complexity index is 725. The van der Waals surface area contributed by atoms with Crippen molar-refractivity contribution in [1.29, 1.82) is 0 Å². The third kappa shape index (κ3) is 4.86. The largest absolute Gasteiger partial charge is 0.339 e. The van der Waals surface area contributed by atoms with Gasteiger partial charge in [-0.15, -0.1) is 11.8 Å². The molecular weight excluding hydrogens is 332 g/mol. The number of nitrogens with zero attached hydrogens (tertiary/aromatic N) is 1. The van der Waals surface area contributed by atoms with Gasteiger partial charge < -0.3 is 10.2 Å². The first-order valence-corrected chi connectivity index (χ1v) is 9.51. The molecule has 0 aliphatic heterocycles. The number of benzene rings is 2. The Labute approximate surface area is 153 Å². The van der Waals surface area contributed by atoms with Gasteiger partial charge in [0.2, 0.25) is 0 Å². The van der Waals surface area contributed by atoms with Crippen molar-refractivity contribution >= 4 is 29.3 Å². The number of amides is 2. The molecule has 0 atom stereocenters. The molecule has 0 heterocycles. The molecule has 5 heteroatoms. The van der Waals surface area contributed by atoms with Crippen LogP contribution in [0.4, 0.5) is 5.69 Å². The molecular formula is C20H24N2O2S. The molecule has 0 fully saturated rings. The van der Waals surface area contributed by atoms with E-state index in [-0.39, 0.29) is 11.8 Å². The Morgan fingerprint density at radius 3 is 2.20 bits per heavy atom. The molecule has 0 spiro atoms. The van der Waals surface area contributed by atoms with Crippen LogP contribution < -0.4 is 5.32 Å². The minimum atomic E-state index is -0.139. The normalized spacial score (nSPS) is 10.4. The molecule has 0 saturated carbocycles. The van der Waals surface area contributed by atoms with Crippen LogP contribution in [0.15, 0.2) is 53.4 Å². The molecule has 1 N–H and O–H groups in total. The molecule has 0 saturated heterocycles. The first kappa shape index (κ1) is 19.1. The maximum atomic E-state index is 12.5. The quantitative estimate of drug-likeness (QED) is 0.741. The molecule has 4 nitrogen and oxygen atoms in total. The summed E-state index contributed by atoms with van der Waals surface area (Å²) >= 11 is 1.64. The lowest BCUT2D eigenvalue weighted by Crippen LogP contribution is -2.30. The fourth-order valence-corrected chi connectivity index (χ4v) is 3.33. The van der Waals surface area contributed by atoms with E-state index in [0.717, 1.165) is 10.6 Å². The zero-order valence-electron chi connectivity index (χ0n) is 14.9. The Morgan fingerprint density at radius 1 is 0.960 bits per heavy atom. The van der Waals surface area contributed by atoms with Gasteiger partial charge >= 0.3 is 0 Å². The van der Waals surface area contributed by atoms with Crippen LogP contribution in [0.2, 0.25) is 0 Å². The Balaban J connectivity index is 2.11. The van der Waals surface area contributed by atoms with Crippen LogP contribution in [-0.4, -0.2) is 35.6 Å². The van der Waals surface area contributed by atoms with Crippen LogP contribution in [0, 0.1) is 0 Å². The molecule has 0 radical (unpaired) electrons. The molecule has 25 heavy (non-hydrogen) atoms. The number of carbonyl (C=O) groups excluding carboxylic acids is 2. The predicted molar refractivity (Wildman–Crippen MR) is 104 cm³/mol. The van der Waals surface area contributed by atoms with Crippen LogP contribution in [0.3, 0.4) is 0 Å². The van der Waals surface area contributed by atoms with E-state index in [1.165, 1.54) is 0 Å². The van der Waals surface area contributed by atoms with Gasteiger partial charge in [-0.05, 0) is 56.0 Å². The SMILES string of the molecule is CCSc1ccccc1C(=O)Nc1ccc(C(=O)N(CC)CC)cc1. The van der Waals surface area contributed by atoms with Crippen LogP contribution in [0.25, 0.3) is 0 Å². The molecule has 2 aromatic carbocycles. The molecule has 2 rings (SSSR count). The number of rotatable bonds is 7. The second-order valence-electron chi connectivity index (χ2n) is 5.44. The third-order valence-electron chi connectivity index (χ3n) is 3.87. The minimum absolute atomic E-state index is 0.00701. The Kier molecular flexibility index (Phi) is 7.07. The lowest BCUT2D eigenvalue weighted by Gasteiger charge is -2.18. The van der Waals surface area contributed by atoms with E-state index >= 15 is 0 Å². The fourth-order valence-electron chi connectivity index (χ4n) is 2.52. The second-order valence-corrected chi connectivity index (χ2v) is 6.74. The van der Waals surface area contributed by atoms with E-state index < -0.39 is 0 Å². The maximum absolute atomic E-state index is 12.5. The lowest BCUT2D eigenvalue weighted by atomic mass is 10.1. The summed E-state index contributed by atoms with van der Waals surface area (Å²) in [6, 6.07) is 14.6. The van der Waals surface area contributed by atoms with Crippen molar-refractivity contribution in [3.63, 3.8) is 0 Å². The van der Waals surface area contributed by atoms with Gasteiger partial charge in [0.05, 0.1) is 5.56 Å². The Morgan fingerprint density at radius 2 is 1.60 bits per heavy atom. The maximum Gasteiger partial charge on any atom is 0.256 e. The summed E-state index contributed by atoms with van der Waals surface area (Å²) < 4.78 is 0. The van der Waals surface area contributed by atoms with Crippen molar-refractivity contribution in [2.45, 2.75) is 25.7 Å². The summed E-state index contributed by atoms with van der Waals surface area (Å²) in [5, 5.41) is 2.90. The number of carbonyl (C=O) groups is 2. The van der Waals surface area contributed by atoms with Crippen LogP contribution in [-0.2, 0) is 0 Å². The van der Waals surface area contributed by atoms with Crippen molar-refractivity contribution < 1.29 is 9.59 Å². The van der Waals surface area contributed by atoms with E-state index in [2.05, 4.69) is 12.2 Å². The van der Waals surface area contributed by atoms with Crippen molar-refractivity contribution in [1.82, 2.24) is 4.90 Å². The summed E-state index contributed by atoms with van der Waals surface area (Å²) in [5.74, 6) is 0.777. The number of hydrogen-bond acceptors (Lipinski definition) is 3. The number of nitrogens with one attached hydrogen (secondary N) is 1. The molecule has 0 aromatic heterocycles. The van der Waals surface area contributed by atoms with Crippen LogP contribution in [0.5, 0.6) is 0 Å². The summed E-state index contributed by atoms with van der Waals surface area (Å²) in [5.41, 5.74) is 1.97. The lowest BCUT2D eigenvalue weighted by molar-refractivity contribution is 0.0773. The van der Waals surface area contributed by atoms with Gasteiger partial charge in [-0.1, -0.05) is 19.1 Å². The molecule has 2 aromatic rings. The van der Waals surface area contributed by atoms with Gasteiger partial charge in [0, 0.05) is 29.2 Å². The van der Waals surface area contributed by atoms with Crippen molar-refractivity contribution in [2.24, 2.45) is 0 Å². The standard InChI is InChI=1S/C20H24N2O2S/c1-4-22(5-2)20(24)15-11-13-16(14-12-15)21-19(23)17-9-7-8-10-18(17)25-6-3/h7-14H,4-6H2,1-3H3,(H,21,23). The van der Waals surface area contributed by atoms with Crippen LogP contribution >= 0.6 is 11.8 Å². The number of thioether (sulfide) groups is 1. The van der Waals surface area contributed by atoms with Crippen LogP contribution in [0.1, 0.15) is 41.5 Å². The highest BCUT2D eigenvalue weighted by atomic mass is 32.2. The highest BCUT2D eigenvalue weighted by Gasteiger charge is 2.14.